The van der Waals surface area contributed by atoms with E-state index in [0.29, 0.717) is 31.2 Å². The molecule has 0 saturated carbocycles. The molecule has 23 heavy (non-hydrogen) atoms. The molecule has 0 spiro atoms. The lowest BCUT2D eigenvalue weighted by molar-refractivity contribution is -0.116. The van der Waals surface area contributed by atoms with E-state index in [4.69, 9.17) is 9.26 Å². The van der Waals surface area contributed by atoms with E-state index < -0.39 is 0 Å². The summed E-state index contributed by atoms with van der Waals surface area (Å²) in [6, 6.07) is 9.40. The second kappa shape index (κ2) is 8.69. The van der Waals surface area contributed by atoms with Crippen molar-refractivity contribution < 1.29 is 14.1 Å². The van der Waals surface area contributed by atoms with Crippen molar-refractivity contribution in [1.29, 1.82) is 0 Å². The van der Waals surface area contributed by atoms with Crippen LogP contribution in [0.25, 0.3) is 0 Å². The predicted octanol–water partition coefficient (Wildman–Crippen LogP) is 3.08. The van der Waals surface area contributed by atoms with Gasteiger partial charge in [-0.2, -0.15) is 0 Å². The van der Waals surface area contributed by atoms with Gasteiger partial charge in [0.1, 0.15) is 18.1 Å². The number of hydrogen-bond acceptors (Lipinski definition) is 5. The summed E-state index contributed by atoms with van der Waals surface area (Å²) in [5, 5.41) is 6.43. The van der Waals surface area contributed by atoms with E-state index in [-0.39, 0.29) is 5.91 Å². The Kier molecular flexibility index (Phi) is 6.61. The van der Waals surface area contributed by atoms with E-state index in [1.54, 1.807) is 13.0 Å². The maximum Gasteiger partial charge on any atom is 0.226 e. The summed E-state index contributed by atoms with van der Waals surface area (Å²) >= 11 is 3.38. The molecular weight excluding hydrogens is 362 g/mol. The van der Waals surface area contributed by atoms with Gasteiger partial charge in [0, 0.05) is 30.0 Å². The molecule has 0 aliphatic heterocycles. The minimum absolute atomic E-state index is 0.0843. The normalized spacial score (nSPS) is 10.8. The molecule has 1 heterocycles. The van der Waals surface area contributed by atoms with Gasteiger partial charge in [-0.15, -0.1) is 0 Å². The number of aromatic nitrogens is 1. The Hall–Kier alpha value is -1.86. The number of ether oxygens (including phenoxy) is 1. The third-order valence-electron chi connectivity index (χ3n) is 3.17. The second-order valence-electron chi connectivity index (χ2n) is 5.23. The molecule has 2 rings (SSSR count). The molecule has 0 fully saturated rings. The quantitative estimate of drug-likeness (QED) is 0.760. The average Bonchev–Trinajstić information content (AvgIpc) is 2.92. The molecule has 6 nitrogen and oxygen atoms in total. The number of anilines is 1. The van der Waals surface area contributed by atoms with Gasteiger partial charge in [0.05, 0.1) is 0 Å². The van der Waals surface area contributed by atoms with E-state index in [1.165, 1.54) is 0 Å². The van der Waals surface area contributed by atoms with Crippen LogP contribution in [-0.2, 0) is 4.79 Å². The average molecular weight is 382 g/mol. The highest BCUT2D eigenvalue weighted by atomic mass is 79.9. The van der Waals surface area contributed by atoms with Crippen molar-refractivity contribution in [2.45, 2.75) is 13.3 Å². The van der Waals surface area contributed by atoms with Gasteiger partial charge in [-0.3, -0.25) is 4.79 Å². The van der Waals surface area contributed by atoms with Gasteiger partial charge < -0.3 is 19.5 Å². The molecular formula is C16H20BrN3O3. The molecule has 1 N–H and O–H groups in total. The van der Waals surface area contributed by atoms with Crippen LogP contribution in [0.3, 0.4) is 0 Å². The van der Waals surface area contributed by atoms with Crippen LogP contribution in [0, 0.1) is 6.92 Å². The Labute approximate surface area is 143 Å². The van der Waals surface area contributed by atoms with Crippen molar-refractivity contribution in [3.63, 3.8) is 0 Å². The molecule has 1 amide bonds. The van der Waals surface area contributed by atoms with Crippen LogP contribution in [0.4, 0.5) is 5.82 Å². The SMILES string of the molecule is Cc1cc(NC(=O)CCN(C)CCOc2ccc(Br)cc2)no1. The number of benzene rings is 1. The van der Waals surface area contributed by atoms with Crippen molar-refractivity contribution in [3.8, 4) is 5.75 Å². The Bertz CT molecular complexity index is 628. The van der Waals surface area contributed by atoms with Crippen molar-refractivity contribution in [1.82, 2.24) is 10.1 Å². The summed E-state index contributed by atoms with van der Waals surface area (Å²) in [4.78, 5) is 13.8. The molecule has 2 aromatic rings. The minimum Gasteiger partial charge on any atom is -0.492 e. The van der Waals surface area contributed by atoms with Gasteiger partial charge in [0.2, 0.25) is 5.91 Å². The second-order valence-corrected chi connectivity index (χ2v) is 6.14. The standard InChI is InChI=1S/C16H20BrN3O3/c1-12-11-15(19-23-12)18-16(21)7-8-20(2)9-10-22-14-5-3-13(17)4-6-14/h3-6,11H,7-10H2,1-2H3,(H,18,19,21). The zero-order valence-corrected chi connectivity index (χ0v) is 14.8. The minimum atomic E-state index is -0.0843. The number of amides is 1. The Morgan fingerprint density at radius 3 is 2.74 bits per heavy atom. The number of hydrogen-bond donors (Lipinski definition) is 1. The van der Waals surface area contributed by atoms with Gasteiger partial charge in [-0.25, -0.2) is 0 Å². The number of carbonyl (C=O) groups is 1. The third kappa shape index (κ3) is 6.42. The fourth-order valence-corrected chi connectivity index (χ4v) is 2.15. The molecule has 0 bridgehead atoms. The summed E-state index contributed by atoms with van der Waals surface area (Å²) in [6.45, 7) is 3.74. The molecule has 0 aliphatic carbocycles. The van der Waals surface area contributed by atoms with Crippen LogP contribution in [0.15, 0.2) is 39.3 Å². The molecule has 0 saturated heterocycles. The Morgan fingerprint density at radius 2 is 2.09 bits per heavy atom. The summed E-state index contributed by atoms with van der Waals surface area (Å²) in [6.07, 6.45) is 0.390. The lowest BCUT2D eigenvalue weighted by atomic mass is 10.3. The highest BCUT2D eigenvalue weighted by Crippen LogP contribution is 2.15. The molecule has 1 aromatic carbocycles. The fourth-order valence-electron chi connectivity index (χ4n) is 1.89. The van der Waals surface area contributed by atoms with E-state index in [9.17, 15) is 4.79 Å². The van der Waals surface area contributed by atoms with E-state index in [1.807, 2.05) is 36.2 Å². The maximum atomic E-state index is 11.8. The molecule has 1 aromatic heterocycles. The van der Waals surface area contributed by atoms with Gasteiger partial charge >= 0.3 is 0 Å². The van der Waals surface area contributed by atoms with Crippen molar-refractivity contribution in [2.24, 2.45) is 0 Å². The first-order chi connectivity index (χ1) is 11.0. The number of nitrogens with zero attached hydrogens (tertiary/aromatic N) is 2. The topological polar surface area (TPSA) is 67.6 Å². The Morgan fingerprint density at radius 1 is 1.35 bits per heavy atom. The number of likely N-dealkylation sites (N-methyl/N-ethyl adjacent to an activating group) is 1. The number of halogens is 1. The Balaban J connectivity index is 1.61. The van der Waals surface area contributed by atoms with Gasteiger partial charge in [-0.1, -0.05) is 21.1 Å². The first-order valence-corrected chi connectivity index (χ1v) is 8.12. The van der Waals surface area contributed by atoms with Crippen LogP contribution in [0.2, 0.25) is 0 Å². The summed E-state index contributed by atoms with van der Waals surface area (Å²) in [5.41, 5.74) is 0. The van der Waals surface area contributed by atoms with Crippen LogP contribution >= 0.6 is 15.9 Å². The maximum absolute atomic E-state index is 11.8. The van der Waals surface area contributed by atoms with Gasteiger partial charge in [-0.05, 0) is 38.2 Å². The lowest BCUT2D eigenvalue weighted by Gasteiger charge is -2.16. The van der Waals surface area contributed by atoms with Crippen LogP contribution in [0.5, 0.6) is 5.75 Å². The molecule has 0 atom stereocenters. The van der Waals surface area contributed by atoms with Gasteiger partial charge in [0.15, 0.2) is 5.82 Å². The molecule has 0 aliphatic rings. The lowest BCUT2D eigenvalue weighted by Crippen LogP contribution is -2.28. The largest absolute Gasteiger partial charge is 0.492 e. The van der Waals surface area contributed by atoms with Crippen LogP contribution in [-0.4, -0.2) is 42.7 Å². The number of rotatable bonds is 8. The van der Waals surface area contributed by atoms with Crippen molar-refractivity contribution >= 4 is 27.7 Å². The fraction of sp³-hybridized carbons (Fsp3) is 0.375. The zero-order valence-electron chi connectivity index (χ0n) is 13.2. The third-order valence-corrected chi connectivity index (χ3v) is 3.70. The number of nitrogens with one attached hydrogen (secondary N) is 1. The van der Waals surface area contributed by atoms with Crippen LogP contribution < -0.4 is 10.1 Å². The molecule has 0 unspecified atom stereocenters. The summed E-state index contributed by atoms with van der Waals surface area (Å²) in [7, 11) is 1.96. The zero-order chi connectivity index (χ0) is 16.7. The first-order valence-electron chi connectivity index (χ1n) is 7.33. The van der Waals surface area contributed by atoms with Crippen LogP contribution in [0.1, 0.15) is 12.2 Å². The predicted molar refractivity (Wildman–Crippen MR) is 91.6 cm³/mol. The molecule has 0 radical (unpaired) electrons. The summed E-state index contributed by atoms with van der Waals surface area (Å²) in [5.74, 6) is 1.87. The molecule has 7 heteroatoms. The van der Waals surface area contributed by atoms with Crippen molar-refractivity contribution in [3.05, 3.63) is 40.6 Å². The van der Waals surface area contributed by atoms with Gasteiger partial charge in [0.25, 0.3) is 0 Å². The molecule has 124 valence electrons. The summed E-state index contributed by atoms with van der Waals surface area (Å²) < 4.78 is 11.6. The highest BCUT2D eigenvalue weighted by Gasteiger charge is 2.08. The monoisotopic (exact) mass is 381 g/mol. The number of aryl methyl sites for hydroxylation is 1. The van der Waals surface area contributed by atoms with E-state index >= 15 is 0 Å². The first kappa shape index (κ1) is 17.5. The number of carbonyl (C=O) groups excluding carboxylic acids is 1. The van der Waals surface area contributed by atoms with E-state index in [0.717, 1.165) is 16.8 Å². The van der Waals surface area contributed by atoms with Crippen molar-refractivity contribution in [2.75, 3.05) is 32.1 Å². The van der Waals surface area contributed by atoms with E-state index in [2.05, 4.69) is 26.4 Å². The smallest absolute Gasteiger partial charge is 0.226 e. The highest BCUT2D eigenvalue weighted by molar-refractivity contribution is 9.10.